The molecule has 378 valence electrons. The minimum atomic E-state index is -1.14. The molecule has 2 unspecified atom stereocenters. The van der Waals surface area contributed by atoms with Gasteiger partial charge in [-0.2, -0.15) is 0 Å². The number of esters is 2. The van der Waals surface area contributed by atoms with E-state index in [1.165, 1.54) is 44.9 Å². The summed E-state index contributed by atoms with van der Waals surface area (Å²) in [6, 6.07) is -0.745. The molecule has 0 radical (unpaired) electrons. The van der Waals surface area contributed by atoms with Crippen molar-refractivity contribution in [2.75, 3.05) is 41.0 Å². The van der Waals surface area contributed by atoms with Gasteiger partial charge in [0, 0.05) is 19.3 Å². The van der Waals surface area contributed by atoms with Gasteiger partial charge in [-0.25, -0.2) is 0 Å². The monoisotopic (exact) mass is 930 g/mol. The van der Waals surface area contributed by atoms with Crippen molar-refractivity contribution in [3.05, 3.63) is 122 Å². The summed E-state index contributed by atoms with van der Waals surface area (Å²) in [5, 5.41) is 11.7. The van der Waals surface area contributed by atoms with Gasteiger partial charge in [-0.15, -0.1) is 0 Å². The number of carbonyl (C=O) groups excluding carboxylic acids is 3. The summed E-state index contributed by atoms with van der Waals surface area (Å²) in [6.07, 6.45) is 68.1. The van der Waals surface area contributed by atoms with E-state index in [1.807, 2.05) is 0 Å². The van der Waals surface area contributed by atoms with Gasteiger partial charge >= 0.3 is 11.9 Å². The van der Waals surface area contributed by atoms with Gasteiger partial charge in [0.15, 0.2) is 6.10 Å². The lowest BCUT2D eigenvalue weighted by molar-refractivity contribution is -0.889. The summed E-state index contributed by atoms with van der Waals surface area (Å²) in [6.45, 7) is 4.36. The Morgan fingerprint density at radius 1 is 0.448 bits per heavy atom. The fourth-order valence-corrected chi connectivity index (χ4v) is 6.90. The predicted octanol–water partition coefficient (Wildman–Crippen LogP) is 14.0. The van der Waals surface area contributed by atoms with Gasteiger partial charge in [-0.05, 0) is 96.3 Å². The quantitative estimate of drug-likeness (QED) is 0.0259. The van der Waals surface area contributed by atoms with Crippen LogP contribution in [0.2, 0.25) is 0 Å². The Balaban J connectivity index is 4.35. The molecule has 0 N–H and O–H groups in total. The molecule has 0 amide bonds. The number of aliphatic carboxylic acids is 1. The van der Waals surface area contributed by atoms with Gasteiger partial charge in [0.2, 0.25) is 0 Å². The van der Waals surface area contributed by atoms with E-state index >= 15 is 0 Å². The van der Waals surface area contributed by atoms with Crippen molar-refractivity contribution in [2.45, 2.75) is 193 Å². The Hall–Kier alpha value is -4.27. The molecule has 0 bridgehead atoms. The second kappa shape index (κ2) is 48.2. The van der Waals surface area contributed by atoms with Crippen LogP contribution in [0.25, 0.3) is 0 Å². The van der Waals surface area contributed by atoms with E-state index in [1.54, 1.807) is 21.1 Å². The van der Waals surface area contributed by atoms with Crippen LogP contribution >= 0.6 is 0 Å². The molecule has 0 fully saturated rings. The van der Waals surface area contributed by atoms with Gasteiger partial charge in [0.25, 0.3) is 0 Å². The first kappa shape index (κ1) is 62.7. The van der Waals surface area contributed by atoms with Gasteiger partial charge in [0.1, 0.15) is 12.6 Å². The first-order valence-corrected chi connectivity index (χ1v) is 26.1. The van der Waals surface area contributed by atoms with Gasteiger partial charge in [-0.3, -0.25) is 9.59 Å². The highest BCUT2D eigenvalue weighted by Crippen LogP contribution is 2.14. The number of unbranched alkanes of at least 4 members (excludes halogenated alkanes) is 11. The molecule has 0 saturated carbocycles. The van der Waals surface area contributed by atoms with Crippen molar-refractivity contribution in [1.29, 1.82) is 0 Å². The maximum absolute atomic E-state index is 12.8. The fraction of sp³-hybridized carbons (Fsp3) is 0.610. The lowest BCUT2D eigenvalue weighted by atomic mass is 10.1. The van der Waals surface area contributed by atoms with E-state index < -0.39 is 18.1 Å². The number of likely N-dealkylation sites (N-methyl/N-ethyl adjacent to an activating group) is 1. The second-order valence-corrected chi connectivity index (χ2v) is 18.0. The van der Waals surface area contributed by atoms with E-state index in [4.69, 9.17) is 14.2 Å². The van der Waals surface area contributed by atoms with Crippen LogP contribution in [0, 0.1) is 0 Å². The number of hydrogen-bond donors (Lipinski definition) is 0. The smallest absolute Gasteiger partial charge is 0.306 e. The van der Waals surface area contributed by atoms with Crippen molar-refractivity contribution in [1.82, 2.24) is 0 Å². The SMILES string of the molecule is CC/C=C/C/C=C/C/C=C/C/C=C/C/C=C/C/C=C/CCCC(=O)OC(COCCC(C(=O)[O-])[N+](C)(C)C)COC(=O)CCCCCCCCCCCC/C=C/C/C=C/C/C=C/C/C=C/CC. The standard InChI is InChI=1S/C59H95NO7/c1-6-8-10-12-14-16-18-20-22-24-26-28-29-30-32-33-35-37-39-41-43-45-47-49-57(61)66-54-55(53-65-52-51-56(59(63)64)60(3,4)5)67-58(62)50-48-46-44-42-40-38-36-34-31-27-25-23-21-19-17-15-13-11-9-7-2/h8-11,14-17,20-23,26-28,31,36,38,42,44,55-56H,6-7,12-13,18-19,24-25,29-30,32-35,37,39-41,43,45-54H2,1-5H3/b10-8+,11-9+,16-14+,17-15+,22-20+,23-21+,28-26+,31-27+,38-36+,44-42+. The Morgan fingerprint density at radius 2 is 0.806 bits per heavy atom. The van der Waals surface area contributed by atoms with E-state index in [9.17, 15) is 19.5 Å². The zero-order valence-electron chi connectivity index (χ0n) is 43.0. The Kier molecular flexibility index (Phi) is 45.1. The Morgan fingerprint density at radius 3 is 1.21 bits per heavy atom. The van der Waals surface area contributed by atoms with Crippen molar-refractivity contribution < 1.29 is 38.2 Å². The zero-order valence-corrected chi connectivity index (χ0v) is 43.0. The highest BCUT2D eigenvalue weighted by molar-refractivity contribution is 5.70. The van der Waals surface area contributed by atoms with E-state index in [-0.39, 0.29) is 49.1 Å². The van der Waals surface area contributed by atoms with Crippen LogP contribution in [0.4, 0.5) is 0 Å². The van der Waals surface area contributed by atoms with Crippen LogP contribution in [0.3, 0.4) is 0 Å². The largest absolute Gasteiger partial charge is 0.544 e. The summed E-state index contributed by atoms with van der Waals surface area (Å²) < 4.78 is 17.2. The minimum absolute atomic E-state index is 0.00830. The van der Waals surface area contributed by atoms with Crippen LogP contribution in [-0.4, -0.2) is 75.5 Å². The predicted molar refractivity (Wildman–Crippen MR) is 281 cm³/mol. The second-order valence-electron chi connectivity index (χ2n) is 18.0. The van der Waals surface area contributed by atoms with Crippen LogP contribution in [-0.2, 0) is 28.6 Å². The normalized spacial score (nSPS) is 13.9. The summed E-state index contributed by atoms with van der Waals surface area (Å²) in [5.74, 6) is -1.83. The number of quaternary nitrogens is 1. The number of nitrogens with zero attached hydrogens (tertiary/aromatic N) is 1. The van der Waals surface area contributed by atoms with Crippen LogP contribution in [0.1, 0.15) is 181 Å². The molecule has 0 aliphatic rings. The highest BCUT2D eigenvalue weighted by atomic mass is 16.6. The molecule has 0 aromatic rings. The average Bonchev–Trinajstić information content (AvgIpc) is 3.29. The molecule has 0 aliphatic carbocycles. The molecule has 0 spiro atoms. The molecule has 0 aromatic carbocycles. The molecule has 0 aliphatic heterocycles. The Labute approximate surface area is 410 Å². The van der Waals surface area contributed by atoms with Crippen molar-refractivity contribution in [3.63, 3.8) is 0 Å². The molecule has 2 atom stereocenters. The molecular formula is C59H95NO7. The highest BCUT2D eigenvalue weighted by Gasteiger charge is 2.25. The number of rotatable bonds is 45. The van der Waals surface area contributed by atoms with Crippen molar-refractivity contribution in [2.24, 2.45) is 0 Å². The molecule has 0 aromatic heterocycles. The number of carbonyl (C=O) groups is 3. The summed E-state index contributed by atoms with van der Waals surface area (Å²) in [4.78, 5) is 37.1. The van der Waals surface area contributed by atoms with Gasteiger partial charge in [0.05, 0.1) is 40.3 Å². The van der Waals surface area contributed by atoms with Crippen molar-refractivity contribution >= 4 is 17.9 Å². The maximum atomic E-state index is 12.8. The molecular weight excluding hydrogens is 835 g/mol. The third-order valence-corrected chi connectivity index (χ3v) is 10.8. The van der Waals surface area contributed by atoms with Gasteiger partial charge < -0.3 is 28.6 Å². The summed E-state index contributed by atoms with van der Waals surface area (Å²) in [7, 11) is 5.38. The van der Waals surface area contributed by atoms with E-state index in [0.29, 0.717) is 12.8 Å². The third kappa shape index (κ3) is 46.6. The lowest BCUT2D eigenvalue weighted by Gasteiger charge is -2.34. The molecule has 0 saturated heterocycles. The maximum Gasteiger partial charge on any atom is 0.306 e. The summed E-state index contributed by atoms with van der Waals surface area (Å²) >= 11 is 0. The molecule has 0 rings (SSSR count). The van der Waals surface area contributed by atoms with E-state index in [2.05, 4.69) is 135 Å². The number of carboxylic acid groups (broad SMARTS) is 1. The van der Waals surface area contributed by atoms with Crippen LogP contribution < -0.4 is 5.11 Å². The number of hydrogen-bond acceptors (Lipinski definition) is 7. The minimum Gasteiger partial charge on any atom is -0.544 e. The molecule has 8 nitrogen and oxygen atoms in total. The fourth-order valence-electron chi connectivity index (χ4n) is 6.90. The number of allylic oxidation sites excluding steroid dienone is 20. The Bertz CT molecular complexity index is 1500. The van der Waals surface area contributed by atoms with E-state index in [0.717, 1.165) is 96.3 Å². The lowest BCUT2D eigenvalue weighted by Crippen LogP contribution is -2.55. The molecule has 0 heterocycles. The third-order valence-electron chi connectivity index (χ3n) is 10.8. The van der Waals surface area contributed by atoms with Crippen LogP contribution in [0.5, 0.6) is 0 Å². The first-order chi connectivity index (χ1) is 32.6. The summed E-state index contributed by atoms with van der Waals surface area (Å²) in [5.41, 5.74) is 0. The number of ether oxygens (including phenoxy) is 3. The molecule has 8 heteroatoms. The molecule has 67 heavy (non-hydrogen) atoms. The topological polar surface area (TPSA) is 102 Å². The van der Waals surface area contributed by atoms with Gasteiger partial charge in [-0.1, -0.05) is 187 Å². The van der Waals surface area contributed by atoms with Crippen LogP contribution in [0.15, 0.2) is 122 Å². The zero-order chi connectivity index (χ0) is 49.2. The number of carboxylic acids is 1. The first-order valence-electron chi connectivity index (χ1n) is 26.1. The van der Waals surface area contributed by atoms with Crippen molar-refractivity contribution in [3.8, 4) is 0 Å². The average molecular weight is 930 g/mol.